The fraction of sp³-hybridized carbons (Fsp3) is 0.400. The number of hydrogen-bond acceptors (Lipinski definition) is 4. The van der Waals surface area contributed by atoms with Crippen molar-refractivity contribution in [3.05, 3.63) is 54.1 Å². The maximum Gasteiger partial charge on any atom is 0.206 e. The summed E-state index contributed by atoms with van der Waals surface area (Å²) in [5.74, 6) is 0.854. The van der Waals surface area contributed by atoms with Gasteiger partial charge in [0, 0.05) is 24.7 Å². The lowest BCUT2D eigenvalue weighted by Gasteiger charge is -2.27. The van der Waals surface area contributed by atoms with Crippen molar-refractivity contribution in [1.29, 1.82) is 0 Å². The maximum absolute atomic E-state index is 13.0. The first-order valence-electron chi connectivity index (χ1n) is 8.88. The Morgan fingerprint density at radius 1 is 1.08 bits per heavy atom. The zero-order chi connectivity index (χ0) is 17.6. The lowest BCUT2D eigenvalue weighted by atomic mass is 9.84. The molecule has 0 saturated carbocycles. The number of hydrogen-bond donors (Lipinski definition) is 1. The minimum atomic E-state index is -3.48. The highest BCUT2D eigenvalue weighted by Crippen LogP contribution is 2.46. The highest BCUT2D eigenvalue weighted by atomic mass is 32.2. The molecular weight excluding hydrogens is 332 g/mol. The normalized spacial score (nSPS) is 26.0. The van der Waals surface area contributed by atoms with E-state index in [1.165, 1.54) is 11.3 Å². The first-order chi connectivity index (χ1) is 12.0. The Bertz CT molecular complexity index is 880. The van der Waals surface area contributed by atoms with Crippen LogP contribution in [-0.2, 0) is 9.84 Å². The molecule has 3 atom stereocenters. The molecule has 1 unspecified atom stereocenters. The van der Waals surface area contributed by atoms with Gasteiger partial charge in [-0.1, -0.05) is 25.1 Å². The van der Waals surface area contributed by atoms with Crippen LogP contribution in [0.1, 0.15) is 24.8 Å². The quantitative estimate of drug-likeness (QED) is 0.898. The van der Waals surface area contributed by atoms with Gasteiger partial charge in [0.1, 0.15) is 0 Å². The van der Waals surface area contributed by atoms with E-state index >= 15 is 0 Å². The molecule has 132 valence electrons. The fourth-order valence-corrected chi connectivity index (χ4v) is 5.73. The van der Waals surface area contributed by atoms with Crippen molar-refractivity contribution < 1.29 is 8.42 Å². The van der Waals surface area contributed by atoms with Gasteiger partial charge in [0.05, 0.1) is 9.79 Å². The lowest BCUT2D eigenvalue weighted by Crippen LogP contribution is -2.32. The third kappa shape index (κ3) is 2.66. The minimum Gasteiger partial charge on any atom is -0.371 e. The summed E-state index contributed by atoms with van der Waals surface area (Å²) in [7, 11) is -1.34. The number of sulfone groups is 1. The average Bonchev–Trinajstić information content (AvgIpc) is 2.77. The van der Waals surface area contributed by atoms with Gasteiger partial charge in [0.2, 0.25) is 9.84 Å². The van der Waals surface area contributed by atoms with Gasteiger partial charge in [-0.3, -0.25) is 0 Å². The fourth-order valence-electron chi connectivity index (χ4n) is 4.42. The topological polar surface area (TPSA) is 49.4 Å². The van der Waals surface area contributed by atoms with Crippen LogP contribution in [0.15, 0.2) is 58.3 Å². The molecule has 0 amide bonds. The van der Waals surface area contributed by atoms with E-state index in [0.717, 1.165) is 19.5 Å². The zero-order valence-electron chi connectivity index (χ0n) is 14.6. The van der Waals surface area contributed by atoms with Crippen molar-refractivity contribution in [2.24, 2.45) is 5.92 Å². The molecule has 2 heterocycles. The van der Waals surface area contributed by atoms with Crippen molar-refractivity contribution in [2.75, 3.05) is 25.0 Å². The van der Waals surface area contributed by atoms with Crippen LogP contribution in [0.4, 0.5) is 5.69 Å². The minimum absolute atomic E-state index is 0.355. The molecule has 0 bridgehead atoms. The summed E-state index contributed by atoms with van der Waals surface area (Å²) in [4.78, 5) is 3.09. The van der Waals surface area contributed by atoms with Crippen LogP contribution in [0.2, 0.25) is 0 Å². The van der Waals surface area contributed by atoms with Crippen LogP contribution < -0.4 is 10.2 Å². The summed E-state index contributed by atoms with van der Waals surface area (Å²) in [5.41, 5.74) is 2.36. The monoisotopic (exact) mass is 356 g/mol. The number of likely N-dealkylation sites (N-methyl/N-ethyl adjacent to an activating group) is 1. The molecule has 4 nitrogen and oxygen atoms in total. The molecule has 0 aromatic heterocycles. The molecule has 4 rings (SSSR count). The predicted octanol–water partition coefficient (Wildman–Crippen LogP) is 3.05. The van der Waals surface area contributed by atoms with Gasteiger partial charge in [-0.25, -0.2) is 8.42 Å². The van der Waals surface area contributed by atoms with Crippen molar-refractivity contribution in [3.8, 4) is 0 Å². The Hall–Kier alpha value is -1.85. The van der Waals surface area contributed by atoms with Gasteiger partial charge >= 0.3 is 0 Å². The second-order valence-electron chi connectivity index (χ2n) is 7.21. The molecule has 1 saturated heterocycles. The van der Waals surface area contributed by atoms with E-state index < -0.39 is 9.84 Å². The largest absolute Gasteiger partial charge is 0.371 e. The average molecular weight is 356 g/mol. The molecule has 0 radical (unpaired) electrons. The van der Waals surface area contributed by atoms with E-state index in [0.29, 0.717) is 27.7 Å². The first-order valence-corrected chi connectivity index (χ1v) is 10.4. The SMILES string of the molecule is CC1CNCC[C@H]2[C@@H]1c1cc(S(=O)(=O)c3ccccc3)ccc1N2C. The molecule has 2 aromatic carbocycles. The van der Waals surface area contributed by atoms with Crippen LogP contribution in [0.5, 0.6) is 0 Å². The Kier molecular flexibility index (Phi) is 4.08. The Morgan fingerprint density at radius 2 is 1.84 bits per heavy atom. The van der Waals surface area contributed by atoms with Crippen molar-refractivity contribution >= 4 is 15.5 Å². The number of benzene rings is 2. The Morgan fingerprint density at radius 3 is 2.60 bits per heavy atom. The van der Waals surface area contributed by atoms with Crippen LogP contribution >= 0.6 is 0 Å². The standard InChI is InChI=1S/C20H24N2O2S/c1-14-13-21-11-10-19-20(14)17-12-16(8-9-18(17)22(19)2)25(23,24)15-6-4-3-5-7-15/h3-9,12,14,19-21H,10-11,13H2,1-2H3/t14?,19-,20-/m0/s1. The highest BCUT2D eigenvalue weighted by molar-refractivity contribution is 7.91. The van der Waals surface area contributed by atoms with Gasteiger partial charge in [-0.2, -0.15) is 0 Å². The van der Waals surface area contributed by atoms with Crippen molar-refractivity contribution in [3.63, 3.8) is 0 Å². The van der Waals surface area contributed by atoms with E-state index in [9.17, 15) is 8.42 Å². The number of fused-ring (bicyclic) bond motifs is 3. The predicted molar refractivity (Wildman–Crippen MR) is 99.9 cm³/mol. The van der Waals surface area contributed by atoms with E-state index in [1.807, 2.05) is 18.2 Å². The summed E-state index contributed by atoms with van der Waals surface area (Å²) in [5, 5.41) is 3.50. The lowest BCUT2D eigenvalue weighted by molar-refractivity contribution is 0.424. The van der Waals surface area contributed by atoms with Crippen LogP contribution in [0.3, 0.4) is 0 Å². The first kappa shape index (κ1) is 16.6. The Labute approximate surface area is 149 Å². The van der Waals surface area contributed by atoms with Gasteiger partial charge in [0.25, 0.3) is 0 Å². The van der Waals surface area contributed by atoms with E-state index in [2.05, 4.69) is 24.2 Å². The second kappa shape index (κ2) is 6.15. The molecule has 25 heavy (non-hydrogen) atoms. The van der Waals surface area contributed by atoms with Crippen LogP contribution in [-0.4, -0.2) is 34.6 Å². The summed E-state index contributed by atoms with van der Waals surface area (Å²) >= 11 is 0. The second-order valence-corrected chi connectivity index (χ2v) is 9.16. The summed E-state index contributed by atoms with van der Waals surface area (Å²) < 4.78 is 26.0. The van der Waals surface area contributed by atoms with E-state index in [4.69, 9.17) is 0 Å². The molecule has 0 spiro atoms. The summed E-state index contributed by atoms with van der Waals surface area (Å²) in [6.45, 7) is 4.25. The third-order valence-corrected chi connectivity index (χ3v) is 7.48. The molecule has 5 heteroatoms. The van der Waals surface area contributed by atoms with Crippen LogP contribution in [0.25, 0.3) is 0 Å². The van der Waals surface area contributed by atoms with Crippen molar-refractivity contribution in [2.45, 2.75) is 35.1 Å². The van der Waals surface area contributed by atoms with Gasteiger partial charge in [0.15, 0.2) is 0 Å². The molecule has 2 aromatic rings. The zero-order valence-corrected chi connectivity index (χ0v) is 15.5. The van der Waals surface area contributed by atoms with Gasteiger partial charge < -0.3 is 10.2 Å². The van der Waals surface area contributed by atoms with E-state index in [1.54, 1.807) is 30.3 Å². The molecule has 2 aliphatic rings. The van der Waals surface area contributed by atoms with Crippen LogP contribution in [0, 0.1) is 5.92 Å². The molecule has 0 aliphatic carbocycles. The molecule has 2 aliphatic heterocycles. The summed E-state index contributed by atoms with van der Waals surface area (Å²) in [6, 6.07) is 14.8. The number of nitrogens with zero attached hydrogens (tertiary/aromatic N) is 1. The highest BCUT2D eigenvalue weighted by Gasteiger charge is 2.41. The van der Waals surface area contributed by atoms with Gasteiger partial charge in [-0.05, 0) is 61.3 Å². The Balaban J connectivity index is 1.81. The molecule has 1 fully saturated rings. The van der Waals surface area contributed by atoms with Crippen molar-refractivity contribution in [1.82, 2.24) is 5.32 Å². The third-order valence-electron chi connectivity index (χ3n) is 5.71. The smallest absolute Gasteiger partial charge is 0.206 e. The maximum atomic E-state index is 13.0. The number of anilines is 1. The van der Waals surface area contributed by atoms with Gasteiger partial charge in [-0.15, -0.1) is 0 Å². The molecular formula is C20H24N2O2S. The summed E-state index contributed by atoms with van der Waals surface area (Å²) in [6.07, 6.45) is 1.08. The number of nitrogens with one attached hydrogen (secondary N) is 1. The number of rotatable bonds is 2. The molecule has 1 N–H and O–H groups in total. The van der Waals surface area contributed by atoms with E-state index in [-0.39, 0.29) is 0 Å².